The normalized spacial score (nSPS) is 10.7. The molecule has 0 radical (unpaired) electrons. The Morgan fingerprint density at radius 1 is 1.06 bits per heavy atom. The third kappa shape index (κ3) is 4.31. The third-order valence-corrected chi connectivity index (χ3v) is 4.84. The van der Waals surface area contributed by atoms with Gasteiger partial charge in [0.05, 0.1) is 22.8 Å². The van der Waals surface area contributed by atoms with Gasteiger partial charge in [-0.1, -0.05) is 30.3 Å². The Bertz CT molecular complexity index is 1340. The molecule has 32 heavy (non-hydrogen) atoms. The molecule has 0 aliphatic carbocycles. The largest absolute Gasteiger partial charge is 0.310 e. The molecule has 160 valence electrons. The summed E-state index contributed by atoms with van der Waals surface area (Å²) in [6.07, 6.45) is 1.64. The number of aromatic nitrogens is 3. The lowest BCUT2D eigenvalue weighted by Crippen LogP contribution is -2.29. The van der Waals surface area contributed by atoms with Crippen LogP contribution in [0.5, 0.6) is 0 Å². The highest BCUT2D eigenvalue weighted by molar-refractivity contribution is 6.03. The van der Waals surface area contributed by atoms with E-state index in [1.54, 1.807) is 25.3 Å². The maximum absolute atomic E-state index is 12.9. The predicted octanol–water partition coefficient (Wildman–Crippen LogP) is 3.55. The summed E-state index contributed by atoms with van der Waals surface area (Å²) in [6, 6.07) is 20.1. The molecule has 9 heteroatoms. The number of rotatable bonds is 6. The Kier molecular flexibility index (Phi) is 5.63. The molecule has 0 unspecified atom stereocenters. The average Bonchev–Trinajstić information content (AvgIpc) is 3.15. The molecule has 0 aliphatic heterocycles. The van der Waals surface area contributed by atoms with Gasteiger partial charge in [0, 0.05) is 24.4 Å². The molecule has 1 N–H and O–H groups in total. The minimum absolute atomic E-state index is 0.00228. The van der Waals surface area contributed by atoms with Crippen LogP contribution in [0.2, 0.25) is 0 Å². The fourth-order valence-corrected chi connectivity index (χ4v) is 3.30. The number of carbonyl (C=O) groups is 1. The van der Waals surface area contributed by atoms with Crippen LogP contribution in [0.15, 0.2) is 83.8 Å². The molecular formula is C23H19N5O4. The summed E-state index contributed by atoms with van der Waals surface area (Å²) in [5.74, 6) is -0.223. The summed E-state index contributed by atoms with van der Waals surface area (Å²) < 4.78 is 2.94. The van der Waals surface area contributed by atoms with Gasteiger partial charge >= 0.3 is 0 Å². The van der Waals surface area contributed by atoms with Crippen molar-refractivity contribution in [3.63, 3.8) is 0 Å². The van der Waals surface area contributed by atoms with Gasteiger partial charge in [-0.2, -0.15) is 5.10 Å². The van der Waals surface area contributed by atoms with Gasteiger partial charge in [0.25, 0.3) is 17.2 Å². The van der Waals surface area contributed by atoms with Crippen molar-refractivity contribution in [2.24, 2.45) is 0 Å². The number of aryl methyl sites for hydroxylation is 1. The zero-order valence-electron chi connectivity index (χ0n) is 17.1. The van der Waals surface area contributed by atoms with Crippen molar-refractivity contribution < 1.29 is 9.72 Å². The zero-order chi connectivity index (χ0) is 22.7. The van der Waals surface area contributed by atoms with Gasteiger partial charge in [-0.05, 0) is 36.8 Å². The van der Waals surface area contributed by atoms with Crippen LogP contribution in [0.4, 0.5) is 11.5 Å². The van der Waals surface area contributed by atoms with E-state index in [2.05, 4.69) is 10.4 Å². The van der Waals surface area contributed by atoms with Gasteiger partial charge in [-0.15, -0.1) is 0 Å². The molecule has 0 spiro atoms. The summed E-state index contributed by atoms with van der Waals surface area (Å²) in [7, 11) is 0. The molecule has 9 nitrogen and oxygen atoms in total. The molecule has 0 aliphatic rings. The van der Waals surface area contributed by atoms with E-state index >= 15 is 0 Å². The number of hydrogen-bond donors (Lipinski definition) is 1. The second kappa shape index (κ2) is 8.68. The lowest BCUT2D eigenvalue weighted by Gasteiger charge is -2.10. The molecule has 4 rings (SSSR count). The van der Waals surface area contributed by atoms with Crippen LogP contribution in [-0.4, -0.2) is 25.2 Å². The lowest BCUT2D eigenvalue weighted by atomic mass is 10.2. The summed E-state index contributed by atoms with van der Waals surface area (Å²) in [6.45, 7) is 2.10. The minimum Gasteiger partial charge on any atom is -0.310 e. The first-order valence-electron chi connectivity index (χ1n) is 9.78. The highest BCUT2D eigenvalue weighted by atomic mass is 16.6. The van der Waals surface area contributed by atoms with E-state index in [-0.39, 0.29) is 11.3 Å². The SMILES string of the molecule is Cc1cc(NC(=O)c2cccn(Cc3ccccc3)c2=O)n(-c2ccc([N+](=O)[O-])cc2)n1. The third-order valence-electron chi connectivity index (χ3n) is 4.84. The number of hydrogen-bond acceptors (Lipinski definition) is 5. The Balaban J connectivity index is 1.61. The van der Waals surface area contributed by atoms with E-state index in [0.29, 0.717) is 23.7 Å². The molecule has 2 heterocycles. The first-order valence-corrected chi connectivity index (χ1v) is 9.78. The van der Waals surface area contributed by atoms with Crippen molar-refractivity contribution in [3.05, 3.63) is 116 Å². The predicted molar refractivity (Wildman–Crippen MR) is 119 cm³/mol. The Morgan fingerprint density at radius 3 is 2.47 bits per heavy atom. The minimum atomic E-state index is -0.569. The zero-order valence-corrected chi connectivity index (χ0v) is 17.1. The van der Waals surface area contributed by atoms with E-state index < -0.39 is 16.4 Å². The van der Waals surface area contributed by atoms with Gasteiger partial charge in [-0.3, -0.25) is 19.7 Å². The summed E-state index contributed by atoms with van der Waals surface area (Å²) in [4.78, 5) is 36.2. The summed E-state index contributed by atoms with van der Waals surface area (Å²) >= 11 is 0. The molecular weight excluding hydrogens is 410 g/mol. The smallest absolute Gasteiger partial charge is 0.269 e. The van der Waals surface area contributed by atoms with Crippen molar-refractivity contribution >= 4 is 17.4 Å². The number of nitro benzene ring substituents is 1. The number of anilines is 1. The van der Waals surface area contributed by atoms with Crippen LogP contribution in [-0.2, 0) is 6.54 Å². The van der Waals surface area contributed by atoms with Crippen LogP contribution < -0.4 is 10.9 Å². The molecule has 1 amide bonds. The molecule has 4 aromatic rings. The molecule has 0 atom stereocenters. The van der Waals surface area contributed by atoms with Crippen LogP contribution in [0.3, 0.4) is 0 Å². The standard InChI is InChI=1S/C23H19N5O4/c1-16-14-21(27(25-16)18-9-11-19(12-10-18)28(31)32)24-22(29)20-8-5-13-26(23(20)30)15-17-6-3-2-4-7-17/h2-14H,15H2,1H3,(H,24,29). The second-order valence-corrected chi connectivity index (χ2v) is 7.15. The van der Waals surface area contributed by atoms with E-state index in [0.717, 1.165) is 5.56 Å². The maximum Gasteiger partial charge on any atom is 0.269 e. The average molecular weight is 429 g/mol. The molecule has 2 aromatic carbocycles. The molecule has 0 saturated carbocycles. The lowest BCUT2D eigenvalue weighted by molar-refractivity contribution is -0.384. The van der Waals surface area contributed by atoms with Crippen LogP contribution in [0.25, 0.3) is 5.69 Å². The first kappa shape index (κ1) is 20.7. The maximum atomic E-state index is 12.9. The molecule has 0 fully saturated rings. The number of nitrogens with zero attached hydrogens (tertiary/aromatic N) is 4. The van der Waals surface area contributed by atoms with E-state index in [1.807, 2.05) is 30.3 Å². The number of nitro groups is 1. The summed E-state index contributed by atoms with van der Waals surface area (Å²) in [5.41, 5.74) is 1.65. The van der Waals surface area contributed by atoms with Crippen molar-refractivity contribution in [3.8, 4) is 5.69 Å². The highest BCUT2D eigenvalue weighted by Gasteiger charge is 2.17. The number of pyridine rings is 1. The molecule has 0 saturated heterocycles. The Hall–Kier alpha value is -4.53. The van der Waals surface area contributed by atoms with Gasteiger partial charge in [0.15, 0.2) is 0 Å². The fraction of sp³-hybridized carbons (Fsp3) is 0.0870. The van der Waals surface area contributed by atoms with Gasteiger partial charge < -0.3 is 9.88 Å². The quantitative estimate of drug-likeness (QED) is 0.372. The van der Waals surface area contributed by atoms with Crippen molar-refractivity contribution in [2.45, 2.75) is 13.5 Å². The highest BCUT2D eigenvalue weighted by Crippen LogP contribution is 2.20. The number of benzene rings is 2. The Labute approximate surface area is 182 Å². The number of amides is 1. The van der Waals surface area contributed by atoms with Crippen molar-refractivity contribution in [2.75, 3.05) is 5.32 Å². The van der Waals surface area contributed by atoms with E-state index in [4.69, 9.17) is 0 Å². The number of nitrogens with one attached hydrogen (secondary N) is 1. The van der Waals surface area contributed by atoms with Gasteiger partial charge in [-0.25, -0.2) is 4.68 Å². The van der Waals surface area contributed by atoms with Crippen LogP contribution in [0, 0.1) is 17.0 Å². The van der Waals surface area contributed by atoms with Crippen molar-refractivity contribution in [1.29, 1.82) is 0 Å². The van der Waals surface area contributed by atoms with Crippen LogP contribution in [0.1, 0.15) is 21.6 Å². The summed E-state index contributed by atoms with van der Waals surface area (Å²) in [5, 5.41) is 18.0. The van der Waals surface area contributed by atoms with Gasteiger partial charge in [0.1, 0.15) is 11.4 Å². The monoisotopic (exact) mass is 429 g/mol. The Morgan fingerprint density at radius 2 is 1.78 bits per heavy atom. The fourth-order valence-electron chi connectivity index (χ4n) is 3.30. The first-order chi connectivity index (χ1) is 15.4. The number of carbonyl (C=O) groups excluding carboxylic acids is 1. The van der Waals surface area contributed by atoms with Gasteiger partial charge in [0.2, 0.25) is 0 Å². The van der Waals surface area contributed by atoms with E-state index in [1.165, 1.54) is 39.6 Å². The molecule has 2 aromatic heterocycles. The topological polar surface area (TPSA) is 112 Å². The van der Waals surface area contributed by atoms with E-state index in [9.17, 15) is 19.7 Å². The number of non-ortho nitro benzene ring substituents is 1. The second-order valence-electron chi connectivity index (χ2n) is 7.15. The van der Waals surface area contributed by atoms with Crippen molar-refractivity contribution in [1.82, 2.24) is 14.3 Å². The molecule has 0 bridgehead atoms. The van der Waals surface area contributed by atoms with Crippen LogP contribution >= 0.6 is 0 Å².